The van der Waals surface area contributed by atoms with E-state index in [0.717, 1.165) is 56.5 Å². The van der Waals surface area contributed by atoms with E-state index in [-0.39, 0.29) is 36.2 Å². The molecule has 190 valence electrons. The molecule has 2 aliphatic rings. The van der Waals surface area contributed by atoms with Gasteiger partial charge in [0.15, 0.2) is 18.2 Å². The smallest absolute Gasteiger partial charge is 0.258 e. The van der Waals surface area contributed by atoms with Gasteiger partial charge >= 0.3 is 0 Å². The van der Waals surface area contributed by atoms with Crippen LogP contribution in [-0.2, 0) is 4.79 Å². The first-order chi connectivity index (χ1) is 16.9. The Kier molecular flexibility index (Phi) is 8.63. The van der Waals surface area contributed by atoms with E-state index < -0.39 is 0 Å². The van der Waals surface area contributed by atoms with Crippen molar-refractivity contribution in [2.24, 2.45) is 0 Å². The number of methoxy groups -OCH3 is 1. The summed E-state index contributed by atoms with van der Waals surface area (Å²) in [6.45, 7) is 4.11. The first-order valence-electron chi connectivity index (χ1n) is 12.7. The van der Waals surface area contributed by atoms with Gasteiger partial charge in [-0.15, -0.1) is 0 Å². The van der Waals surface area contributed by atoms with Crippen LogP contribution < -0.4 is 20.1 Å². The van der Waals surface area contributed by atoms with Crippen LogP contribution in [0.25, 0.3) is 0 Å². The lowest BCUT2D eigenvalue weighted by atomic mass is 9.97. The topological polar surface area (TPSA) is 62.8 Å². The minimum absolute atomic E-state index is 0.0473. The van der Waals surface area contributed by atoms with Gasteiger partial charge in [-0.1, -0.05) is 18.2 Å². The number of ether oxygens (including phenoxy) is 2. The monoisotopic (exact) mass is 483 g/mol. The fourth-order valence-electron chi connectivity index (χ4n) is 5.34. The Labute approximate surface area is 208 Å². The summed E-state index contributed by atoms with van der Waals surface area (Å²) in [6, 6.07) is 14.2. The van der Waals surface area contributed by atoms with Crippen LogP contribution in [0.1, 0.15) is 62.1 Å². The van der Waals surface area contributed by atoms with Crippen molar-refractivity contribution in [2.45, 2.75) is 63.1 Å². The molecule has 0 spiro atoms. The highest BCUT2D eigenvalue weighted by atomic mass is 19.1. The molecule has 1 heterocycles. The van der Waals surface area contributed by atoms with Crippen LogP contribution in [0.5, 0.6) is 11.5 Å². The predicted molar refractivity (Wildman–Crippen MR) is 135 cm³/mol. The number of halogens is 1. The molecule has 3 atom stereocenters. The van der Waals surface area contributed by atoms with Gasteiger partial charge in [0.2, 0.25) is 0 Å². The molecule has 0 radical (unpaired) electrons. The Bertz CT molecular complexity index is 978. The molecule has 2 aromatic carbocycles. The lowest BCUT2D eigenvalue weighted by molar-refractivity contribution is -0.123. The molecular formula is C28H38FN3O3. The second-order valence-corrected chi connectivity index (χ2v) is 9.85. The lowest BCUT2D eigenvalue weighted by Gasteiger charge is -2.31. The number of benzene rings is 2. The van der Waals surface area contributed by atoms with Crippen molar-refractivity contribution in [1.82, 2.24) is 15.5 Å². The molecule has 2 aromatic rings. The molecule has 1 saturated carbocycles. The average molecular weight is 484 g/mol. The van der Waals surface area contributed by atoms with Gasteiger partial charge in [-0.2, -0.15) is 0 Å². The summed E-state index contributed by atoms with van der Waals surface area (Å²) in [5.41, 5.74) is 2.36. The average Bonchev–Trinajstić information content (AvgIpc) is 3.38. The number of carbonyl (C=O) groups is 1. The normalized spacial score (nSPS) is 21.6. The molecule has 0 aromatic heterocycles. The van der Waals surface area contributed by atoms with Crippen LogP contribution in [-0.4, -0.2) is 56.7 Å². The third kappa shape index (κ3) is 6.53. The maximum Gasteiger partial charge on any atom is 0.258 e. The molecule has 1 saturated heterocycles. The lowest BCUT2D eigenvalue weighted by Crippen LogP contribution is -2.44. The highest BCUT2D eigenvalue weighted by Gasteiger charge is 2.31. The zero-order valence-corrected chi connectivity index (χ0v) is 21.1. The third-order valence-corrected chi connectivity index (χ3v) is 7.68. The van der Waals surface area contributed by atoms with Crippen molar-refractivity contribution in [2.75, 3.05) is 33.9 Å². The van der Waals surface area contributed by atoms with Crippen molar-refractivity contribution in [3.8, 4) is 11.5 Å². The maximum absolute atomic E-state index is 13.8. The molecule has 4 rings (SSSR count). The standard InChI is InChI=1S/C28H38FN3O3/c1-19(21-7-11-26(29)27(17-21)34-3)32(2)24-8-4-22(16-24)20-5-9-25(10-6-20)35-18-28(33)31-23-12-14-30-15-13-23/h5-7,9-11,17,19,22-24,30H,4,8,12-16,18H2,1-3H3,(H,31,33). The second kappa shape index (κ2) is 11.9. The number of nitrogens with zero attached hydrogens (tertiary/aromatic N) is 1. The summed E-state index contributed by atoms with van der Waals surface area (Å²) < 4.78 is 24.7. The second-order valence-electron chi connectivity index (χ2n) is 9.85. The van der Waals surface area contributed by atoms with Crippen molar-refractivity contribution in [3.63, 3.8) is 0 Å². The highest BCUT2D eigenvalue weighted by molar-refractivity contribution is 5.77. The highest BCUT2D eigenvalue weighted by Crippen LogP contribution is 2.39. The van der Waals surface area contributed by atoms with Gasteiger partial charge in [0.05, 0.1) is 7.11 Å². The van der Waals surface area contributed by atoms with E-state index in [1.54, 1.807) is 6.07 Å². The summed E-state index contributed by atoms with van der Waals surface area (Å²) in [7, 11) is 3.65. The predicted octanol–water partition coefficient (Wildman–Crippen LogP) is 4.41. The summed E-state index contributed by atoms with van der Waals surface area (Å²) in [6.07, 6.45) is 5.27. The number of hydrogen-bond donors (Lipinski definition) is 2. The van der Waals surface area contributed by atoms with Gasteiger partial charge in [-0.05, 0) is 100 Å². The third-order valence-electron chi connectivity index (χ3n) is 7.68. The van der Waals surface area contributed by atoms with Gasteiger partial charge in [0.1, 0.15) is 5.75 Å². The van der Waals surface area contributed by atoms with Gasteiger partial charge in [0.25, 0.3) is 5.91 Å². The number of hydrogen-bond acceptors (Lipinski definition) is 5. The maximum atomic E-state index is 13.8. The van der Waals surface area contributed by atoms with Crippen molar-refractivity contribution in [1.29, 1.82) is 0 Å². The van der Waals surface area contributed by atoms with E-state index in [0.29, 0.717) is 12.0 Å². The minimum atomic E-state index is -0.332. The molecular weight excluding hydrogens is 445 g/mol. The molecule has 1 aliphatic carbocycles. The summed E-state index contributed by atoms with van der Waals surface area (Å²) in [4.78, 5) is 14.6. The number of carbonyl (C=O) groups excluding carboxylic acids is 1. The van der Waals surface area contributed by atoms with Crippen LogP contribution >= 0.6 is 0 Å². The van der Waals surface area contributed by atoms with Crippen LogP contribution in [0.4, 0.5) is 4.39 Å². The minimum Gasteiger partial charge on any atom is -0.494 e. The van der Waals surface area contributed by atoms with E-state index >= 15 is 0 Å². The van der Waals surface area contributed by atoms with Crippen molar-refractivity contribution in [3.05, 3.63) is 59.4 Å². The Balaban J connectivity index is 1.27. The number of rotatable bonds is 9. The fourth-order valence-corrected chi connectivity index (χ4v) is 5.34. The zero-order chi connectivity index (χ0) is 24.8. The molecule has 2 fully saturated rings. The fraction of sp³-hybridized carbons (Fsp3) is 0.536. The quantitative estimate of drug-likeness (QED) is 0.553. The Morgan fingerprint density at radius 2 is 1.89 bits per heavy atom. The molecule has 3 unspecified atom stereocenters. The number of nitrogens with one attached hydrogen (secondary N) is 2. The molecule has 35 heavy (non-hydrogen) atoms. The van der Waals surface area contributed by atoms with Crippen LogP contribution in [0.15, 0.2) is 42.5 Å². The molecule has 1 amide bonds. The Hall–Kier alpha value is -2.64. The van der Waals surface area contributed by atoms with Gasteiger partial charge in [-0.3, -0.25) is 9.69 Å². The summed E-state index contributed by atoms with van der Waals surface area (Å²) in [5.74, 6) is 1.12. The van der Waals surface area contributed by atoms with Crippen LogP contribution in [0, 0.1) is 5.82 Å². The first kappa shape index (κ1) is 25.5. The SMILES string of the molecule is COc1cc(C(C)N(C)C2CCC(c3ccc(OCC(=O)NC4CCNCC4)cc3)C2)ccc1F. The van der Waals surface area contributed by atoms with E-state index in [1.165, 1.54) is 18.7 Å². The number of piperidine rings is 1. The zero-order valence-electron chi connectivity index (χ0n) is 21.1. The first-order valence-corrected chi connectivity index (χ1v) is 12.7. The molecule has 6 nitrogen and oxygen atoms in total. The van der Waals surface area contributed by atoms with Crippen LogP contribution in [0.3, 0.4) is 0 Å². The largest absolute Gasteiger partial charge is 0.494 e. The summed E-state index contributed by atoms with van der Waals surface area (Å²) in [5, 5.41) is 6.36. The van der Waals surface area contributed by atoms with E-state index in [2.05, 4.69) is 41.6 Å². The molecule has 7 heteroatoms. The van der Waals surface area contributed by atoms with Crippen LogP contribution in [0.2, 0.25) is 0 Å². The number of amides is 1. The van der Waals surface area contributed by atoms with E-state index in [4.69, 9.17) is 9.47 Å². The molecule has 2 N–H and O–H groups in total. The van der Waals surface area contributed by atoms with Crippen molar-refractivity contribution < 1.29 is 18.7 Å². The van der Waals surface area contributed by atoms with Gasteiger partial charge in [-0.25, -0.2) is 4.39 Å². The van der Waals surface area contributed by atoms with Gasteiger partial charge < -0.3 is 20.1 Å². The summed E-state index contributed by atoms with van der Waals surface area (Å²) >= 11 is 0. The van der Waals surface area contributed by atoms with Crippen molar-refractivity contribution >= 4 is 5.91 Å². The molecule has 0 bridgehead atoms. The van der Waals surface area contributed by atoms with Gasteiger partial charge in [0, 0.05) is 18.1 Å². The van der Waals surface area contributed by atoms with E-state index in [9.17, 15) is 9.18 Å². The Morgan fingerprint density at radius 3 is 2.60 bits per heavy atom. The van der Waals surface area contributed by atoms with E-state index in [1.807, 2.05) is 18.2 Å². The molecule has 1 aliphatic heterocycles. The Morgan fingerprint density at radius 1 is 1.14 bits per heavy atom.